The Morgan fingerprint density at radius 2 is 2.17 bits per heavy atom. The summed E-state index contributed by atoms with van der Waals surface area (Å²) in [6.45, 7) is 0.365. The van der Waals surface area contributed by atoms with Crippen LogP contribution in [-0.2, 0) is 0 Å². The number of hydrogen-bond donors (Lipinski definition) is 0. The van der Waals surface area contributed by atoms with Gasteiger partial charge in [-0.1, -0.05) is 22.0 Å². The van der Waals surface area contributed by atoms with Gasteiger partial charge in [0.25, 0.3) is 0 Å². The molecule has 0 saturated carbocycles. The first-order chi connectivity index (χ1) is 8.75. The number of benzene rings is 1. The van der Waals surface area contributed by atoms with E-state index in [1.165, 1.54) is 0 Å². The van der Waals surface area contributed by atoms with Gasteiger partial charge in [-0.2, -0.15) is 0 Å². The largest absolute Gasteiger partial charge is 0.493 e. The summed E-state index contributed by atoms with van der Waals surface area (Å²) < 4.78 is 6.46. The third-order valence-corrected chi connectivity index (χ3v) is 2.87. The van der Waals surface area contributed by atoms with Gasteiger partial charge in [0.2, 0.25) is 0 Å². The minimum absolute atomic E-state index is 0.0399. The summed E-state index contributed by atoms with van der Waals surface area (Å²) in [5, 5.41) is 0. The van der Waals surface area contributed by atoms with Gasteiger partial charge < -0.3 is 4.74 Å². The first kappa shape index (κ1) is 12.8. The van der Waals surface area contributed by atoms with Crippen LogP contribution in [-0.4, -0.2) is 17.4 Å². The van der Waals surface area contributed by atoms with Crippen molar-refractivity contribution in [1.82, 2.24) is 4.98 Å². The molecule has 0 N–H and O–H groups in total. The van der Waals surface area contributed by atoms with Crippen LogP contribution in [0.2, 0.25) is 0 Å². The number of ketones is 1. The number of nitrogens with zero attached hydrogens (tertiary/aromatic N) is 1. The quantitative estimate of drug-likeness (QED) is 0.794. The molecule has 0 aliphatic carbocycles. The van der Waals surface area contributed by atoms with Crippen LogP contribution >= 0.6 is 15.9 Å². The van der Waals surface area contributed by atoms with E-state index < -0.39 is 0 Å². The Hall–Kier alpha value is -1.68. The zero-order valence-electron chi connectivity index (χ0n) is 9.67. The lowest BCUT2D eigenvalue weighted by molar-refractivity contribution is 0.0962. The lowest BCUT2D eigenvalue weighted by Crippen LogP contribution is -2.06. The average molecular weight is 306 g/mol. The van der Waals surface area contributed by atoms with E-state index in [9.17, 15) is 4.79 Å². The van der Waals surface area contributed by atoms with E-state index in [4.69, 9.17) is 4.74 Å². The first-order valence-electron chi connectivity index (χ1n) is 5.57. The second-order valence-electron chi connectivity index (χ2n) is 3.72. The monoisotopic (exact) mass is 305 g/mol. The molecule has 18 heavy (non-hydrogen) atoms. The number of ether oxygens (including phenoxy) is 1. The molecule has 2 rings (SSSR count). The predicted octanol–water partition coefficient (Wildman–Crippen LogP) is 3.50. The number of carbonyl (C=O) groups is 1. The first-order valence-corrected chi connectivity index (χ1v) is 6.36. The molecule has 0 saturated heterocycles. The molecule has 0 aliphatic rings. The zero-order valence-corrected chi connectivity index (χ0v) is 11.3. The van der Waals surface area contributed by atoms with E-state index in [1.54, 1.807) is 24.5 Å². The van der Waals surface area contributed by atoms with Gasteiger partial charge in [-0.25, -0.2) is 0 Å². The number of carbonyl (C=O) groups excluding carboxylic acids is 1. The Balaban J connectivity index is 1.84. The minimum atomic E-state index is 0.0399. The molecule has 0 amide bonds. The molecule has 0 aliphatic heterocycles. The normalized spacial score (nSPS) is 10.1. The lowest BCUT2D eigenvalue weighted by atomic mass is 10.1. The number of Topliss-reactive ketones (excluding diaryl/α,β-unsaturated/α-hetero) is 1. The van der Waals surface area contributed by atoms with E-state index >= 15 is 0 Å². The van der Waals surface area contributed by atoms with Crippen LogP contribution in [0.25, 0.3) is 0 Å². The maximum Gasteiger partial charge on any atom is 0.167 e. The number of hydrogen-bond acceptors (Lipinski definition) is 3. The van der Waals surface area contributed by atoms with E-state index in [0.717, 1.165) is 10.2 Å². The average Bonchev–Trinajstić information content (AvgIpc) is 2.40. The summed E-state index contributed by atoms with van der Waals surface area (Å²) in [5.74, 6) is 0.793. The van der Waals surface area contributed by atoms with Crippen molar-refractivity contribution in [2.24, 2.45) is 0 Å². The van der Waals surface area contributed by atoms with Gasteiger partial charge in [0, 0.05) is 28.9 Å². The molecule has 0 fully saturated rings. The molecule has 0 atom stereocenters. The van der Waals surface area contributed by atoms with E-state index in [2.05, 4.69) is 20.9 Å². The SMILES string of the molecule is O=C(CCOc1cccc(Br)c1)c1cccnc1. The van der Waals surface area contributed by atoms with Gasteiger partial charge in [-0.05, 0) is 30.3 Å². The summed E-state index contributed by atoms with van der Waals surface area (Å²) in [5.41, 5.74) is 0.621. The van der Waals surface area contributed by atoms with Crippen molar-refractivity contribution in [3.8, 4) is 5.75 Å². The number of rotatable bonds is 5. The van der Waals surface area contributed by atoms with Crippen LogP contribution in [0.4, 0.5) is 0 Å². The Kier molecular flexibility index (Phi) is 4.47. The zero-order chi connectivity index (χ0) is 12.8. The molecule has 0 radical (unpaired) electrons. The van der Waals surface area contributed by atoms with Crippen LogP contribution in [0, 0.1) is 0 Å². The topological polar surface area (TPSA) is 39.2 Å². The van der Waals surface area contributed by atoms with Gasteiger partial charge in [0.1, 0.15) is 5.75 Å². The maximum absolute atomic E-state index is 11.8. The molecule has 3 nitrogen and oxygen atoms in total. The Morgan fingerprint density at radius 3 is 2.89 bits per heavy atom. The summed E-state index contributed by atoms with van der Waals surface area (Å²) >= 11 is 3.36. The van der Waals surface area contributed by atoms with Crippen molar-refractivity contribution in [2.75, 3.05) is 6.61 Å². The Bertz CT molecular complexity index is 528. The van der Waals surface area contributed by atoms with Crippen molar-refractivity contribution in [3.63, 3.8) is 0 Å². The molecule has 1 heterocycles. The highest BCUT2D eigenvalue weighted by atomic mass is 79.9. The van der Waals surface area contributed by atoms with Crippen molar-refractivity contribution < 1.29 is 9.53 Å². The summed E-state index contributed by atoms with van der Waals surface area (Å²) in [6.07, 6.45) is 3.56. The predicted molar refractivity (Wildman–Crippen MR) is 72.8 cm³/mol. The van der Waals surface area contributed by atoms with Crippen molar-refractivity contribution >= 4 is 21.7 Å². The third-order valence-electron chi connectivity index (χ3n) is 2.38. The summed E-state index contributed by atoms with van der Waals surface area (Å²) in [6, 6.07) is 11.1. The molecule has 92 valence electrons. The number of pyridine rings is 1. The molecular formula is C14H12BrNO2. The van der Waals surface area contributed by atoms with Crippen LogP contribution in [0.3, 0.4) is 0 Å². The third kappa shape index (κ3) is 3.67. The van der Waals surface area contributed by atoms with E-state index in [-0.39, 0.29) is 5.78 Å². The van der Waals surface area contributed by atoms with E-state index in [1.807, 2.05) is 24.3 Å². The second-order valence-corrected chi connectivity index (χ2v) is 4.64. The Morgan fingerprint density at radius 1 is 1.28 bits per heavy atom. The molecular weight excluding hydrogens is 294 g/mol. The fourth-order valence-electron chi connectivity index (χ4n) is 1.49. The van der Waals surface area contributed by atoms with Crippen molar-refractivity contribution in [1.29, 1.82) is 0 Å². The highest BCUT2D eigenvalue weighted by Crippen LogP contribution is 2.17. The van der Waals surface area contributed by atoms with Crippen LogP contribution in [0.15, 0.2) is 53.3 Å². The van der Waals surface area contributed by atoms with Crippen LogP contribution in [0.5, 0.6) is 5.75 Å². The van der Waals surface area contributed by atoms with Gasteiger partial charge in [-0.3, -0.25) is 9.78 Å². The smallest absolute Gasteiger partial charge is 0.167 e. The van der Waals surface area contributed by atoms with Crippen LogP contribution in [0.1, 0.15) is 16.8 Å². The van der Waals surface area contributed by atoms with Gasteiger partial charge in [0.15, 0.2) is 5.78 Å². The van der Waals surface area contributed by atoms with Crippen molar-refractivity contribution in [3.05, 3.63) is 58.8 Å². The van der Waals surface area contributed by atoms with E-state index in [0.29, 0.717) is 18.6 Å². The maximum atomic E-state index is 11.8. The standard InChI is InChI=1S/C14H12BrNO2/c15-12-4-1-5-13(9-12)18-8-6-14(17)11-3-2-7-16-10-11/h1-5,7,9-10H,6,8H2. The highest BCUT2D eigenvalue weighted by molar-refractivity contribution is 9.10. The number of halogens is 1. The second kappa shape index (κ2) is 6.31. The highest BCUT2D eigenvalue weighted by Gasteiger charge is 2.05. The lowest BCUT2D eigenvalue weighted by Gasteiger charge is -2.05. The van der Waals surface area contributed by atoms with Crippen LogP contribution < -0.4 is 4.74 Å². The molecule has 4 heteroatoms. The van der Waals surface area contributed by atoms with Gasteiger partial charge >= 0.3 is 0 Å². The molecule has 1 aromatic heterocycles. The van der Waals surface area contributed by atoms with Gasteiger partial charge in [-0.15, -0.1) is 0 Å². The summed E-state index contributed by atoms with van der Waals surface area (Å²) in [7, 11) is 0. The van der Waals surface area contributed by atoms with Crippen molar-refractivity contribution in [2.45, 2.75) is 6.42 Å². The molecule has 2 aromatic rings. The molecule has 0 bridgehead atoms. The summed E-state index contributed by atoms with van der Waals surface area (Å²) in [4.78, 5) is 15.7. The molecule has 0 spiro atoms. The fourth-order valence-corrected chi connectivity index (χ4v) is 1.87. The number of aromatic nitrogens is 1. The Labute approximate surface area is 114 Å². The minimum Gasteiger partial charge on any atom is -0.493 e. The molecule has 1 aromatic carbocycles. The fraction of sp³-hybridized carbons (Fsp3) is 0.143. The van der Waals surface area contributed by atoms with Gasteiger partial charge in [0.05, 0.1) is 6.61 Å². The molecule has 0 unspecified atom stereocenters.